The lowest BCUT2D eigenvalue weighted by Gasteiger charge is -2.22. The molecule has 4 nitrogen and oxygen atoms in total. The third-order valence-electron chi connectivity index (χ3n) is 3.04. The maximum Gasteiger partial charge on any atom is 0.132 e. The minimum atomic E-state index is -0.0700. The molecule has 0 aliphatic carbocycles. The quantitative estimate of drug-likeness (QED) is 0.921. The Kier molecular flexibility index (Phi) is 3.62. The summed E-state index contributed by atoms with van der Waals surface area (Å²) in [5, 5.41) is 0. The molecule has 1 heterocycles. The van der Waals surface area contributed by atoms with Crippen LogP contribution >= 0.6 is 0 Å². The molecule has 2 aromatic rings. The third-order valence-corrected chi connectivity index (χ3v) is 3.04. The van der Waals surface area contributed by atoms with Crippen LogP contribution < -0.4 is 5.73 Å². The van der Waals surface area contributed by atoms with E-state index in [0.717, 1.165) is 16.8 Å². The standard InChI is InChI=1S/C15H21N3O/c1-15(2,3)18-10-17-13(14(18)16)12-7-5-6-11(8-12)9-19-4/h5-8,10H,9,16H2,1-4H3. The van der Waals surface area contributed by atoms with Gasteiger partial charge in [0.2, 0.25) is 0 Å². The highest BCUT2D eigenvalue weighted by molar-refractivity contribution is 5.71. The maximum atomic E-state index is 6.21. The SMILES string of the molecule is COCc1cccc(-c2ncn(C(C)(C)C)c2N)c1. The second kappa shape index (κ2) is 5.05. The molecule has 0 spiro atoms. The number of rotatable bonds is 3. The Morgan fingerprint density at radius 2 is 2.05 bits per heavy atom. The Morgan fingerprint density at radius 1 is 1.32 bits per heavy atom. The van der Waals surface area contributed by atoms with Crippen LogP contribution in [0.2, 0.25) is 0 Å². The van der Waals surface area contributed by atoms with Gasteiger partial charge >= 0.3 is 0 Å². The van der Waals surface area contributed by atoms with E-state index < -0.39 is 0 Å². The molecule has 0 aliphatic rings. The lowest BCUT2D eigenvalue weighted by molar-refractivity contribution is 0.185. The highest BCUT2D eigenvalue weighted by atomic mass is 16.5. The van der Waals surface area contributed by atoms with Crippen LogP contribution in [0.1, 0.15) is 26.3 Å². The van der Waals surface area contributed by atoms with Crippen molar-refractivity contribution in [3.63, 3.8) is 0 Å². The van der Waals surface area contributed by atoms with Gasteiger partial charge in [0.1, 0.15) is 11.5 Å². The molecule has 0 aliphatic heterocycles. The van der Waals surface area contributed by atoms with Gasteiger partial charge in [-0.3, -0.25) is 0 Å². The van der Waals surface area contributed by atoms with Crippen LogP contribution in [0.3, 0.4) is 0 Å². The number of aromatic nitrogens is 2. The van der Waals surface area contributed by atoms with E-state index in [1.54, 1.807) is 13.4 Å². The van der Waals surface area contributed by atoms with Crippen LogP contribution in [0.15, 0.2) is 30.6 Å². The minimum absolute atomic E-state index is 0.0700. The number of hydrogen-bond acceptors (Lipinski definition) is 3. The van der Waals surface area contributed by atoms with E-state index in [4.69, 9.17) is 10.5 Å². The predicted molar refractivity (Wildman–Crippen MR) is 77.8 cm³/mol. The third kappa shape index (κ3) is 2.79. The summed E-state index contributed by atoms with van der Waals surface area (Å²) in [5.74, 6) is 0.696. The lowest BCUT2D eigenvalue weighted by Crippen LogP contribution is -2.22. The van der Waals surface area contributed by atoms with E-state index in [1.807, 2.05) is 22.8 Å². The topological polar surface area (TPSA) is 53.1 Å². The summed E-state index contributed by atoms with van der Waals surface area (Å²) < 4.78 is 7.14. The molecule has 102 valence electrons. The molecule has 0 saturated carbocycles. The number of methoxy groups -OCH3 is 1. The fourth-order valence-electron chi connectivity index (χ4n) is 2.09. The molecule has 0 fully saturated rings. The molecule has 1 aromatic carbocycles. The highest BCUT2D eigenvalue weighted by Crippen LogP contribution is 2.29. The summed E-state index contributed by atoms with van der Waals surface area (Å²) in [6, 6.07) is 8.11. The van der Waals surface area contributed by atoms with Crippen molar-refractivity contribution < 1.29 is 4.74 Å². The van der Waals surface area contributed by atoms with Gasteiger partial charge in [-0.15, -0.1) is 0 Å². The molecule has 0 radical (unpaired) electrons. The Hall–Kier alpha value is -1.81. The second-order valence-electron chi connectivity index (χ2n) is 5.65. The lowest BCUT2D eigenvalue weighted by atomic mass is 10.1. The van der Waals surface area contributed by atoms with Gasteiger partial charge in [-0.05, 0) is 32.4 Å². The normalized spacial score (nSPS) is 11.8. The fourth-order valence-corrected chi connectivity index (χ4v) is 2.09. The number of nitrogens with zero attached hydrogens (tertiary/aromatic N) is 2. The first-order chi connectivity index (χ1) is 8.93. The Morgan fingerprint density at radius 3 is 2.63 bits per heavy atom. The number of hydrogen-bond donors (Lipinski definition) is 1. The molecule has 0 saturated heterocycles. The summed E-state index contributed by atoms with van der Waals surface area (Å²) in [6.45, 7) is 6.91. The molecular formula is C15H21N3O. The summed E-state index contributed by atoms with van der Waals surface area (Å²) in [5.41, 5.74) is 9.11. The molecule has 1 aromatic heterocycles. The second-order valence-corrected chi connectivity index (χ2v) is 5.65. The van der Waals surface area contributed by atoms with Crippen LogP contribution in [0.5, 0.6) is 0 Å². The molecule has 19 heavy (non-hydrogen) atoms. The van der Waals surface area contributed by atoms with Gasteiger partial charge in [0.25, 0.3) is 0 Å². The summed E-state index contributed by atoms with van der Waals surface area (Å²) in [7, 11) is 1.69. The van der Waals surface area contributed by atoms with E-state index in [0.29, 0.717) is 12.4 Å². The largest absolute Gasteiger partial charge is 0.383 e. The summed E-state index contributed by atoms with van der Waals surface area (Å²) >= 11 is 0. The van der Waals surface area contributed by atoms with Crippen molar-refractivity contribution in [2.45, 2.75) is 32.9 Å². The van der Waals surface area contributed by atoms with E-state index in [-0.39, 0.29) is 5.54 Å². The number of anilines is 1. The molecule has 0 atom stereocenters. The van der Waals surface area contributed by atoms with Gasteiger partial charge < -0.3 is 15.0 Å². The number of benzene rings is 1. The van der Waals surface area contributed by atoms with Crippen LogP contribution in [0, 0.1) is 0 Å². The smallest absolute Gasteiger partial charge is 0.132 e. The molecule has 2 N–H and O–H groups in total. The van der Waals surface area contributed by atoms with Crippen LogP contribution in [-0.2, 0) is 16.9 Å². The van der Waals surface area contributed by atoms with Crippen molar-refractivity contribution in [3.8, 4) is 11.3 Å². The van der Waals surface area contributed by atoms with Crippen LogP contribution in [0.25, 0.3) is 11.3 Å². The molecule has 4 heteroatoms. The highest BCUT2D eigenvalue weighted by Gasteiger charge is 2.19. The fraction of sp³-hybridized carbons (Fsp3) is 0.400. The molecule has 0 bridgehead atoms. The van der Waals surface area contributed by atoms with Gasteiger partial charge in [0.15, 0.2) is 0 Å². The maximum absolute atomic E-state index is 6.21. The first-order valence-corrected chi connectivity index (χ1v) is 6.35. The van der Waals surface area contributed by atoms with Crippen molar-refractivity contribution in [2.75, 3.05) is 12.8 Å². The molecule has 2 rings (SSSR count). The van der Waals surface area contributed by atoms with Crippen molar-refractivity contribution in [1.82, 2.24) is 9.55 Å². The van der Waals surface area contributed by atoms with Crippen molar-refractivity contribution in [3.05, 3.63) is 36.2 Å². The average molecular weight is 259 g/mol. The van der Waals surface area contributed by atoms with E-state index >= 15 is 0 Å². The summed E-state index contributed by atoms with van der Waals surface area (Å²) in [6.07, 6.45) is 1.80. The monoisotopic (exact) mass is 259 g/mol. The number of ether oxygens (including phenoxy) is 1. The van der Waals surface area contributed by atoms with Gasteiger partial charge in [0.05, 0.1) is 12.9 Å². The van der Waals surface area contributed by atoms with Crippen LogP contribution in [0.4, 0.5) is 5.82 Å². The minimum Gasteiger partial charge on any atom is -0.383 e. The zero-order valence-electron chi connectivity index (χ0n) is 12.0. The molecule has 0 unspecified atom stereocenters. The molecular weight excluding hydrogens is 238 g/mol. The van der Waals surface area contributed by atoms with Gasteiger partial charge in [-0.1, -0.05) is 18.2 Å². The van der Waals surface area contributed by atoms with Crippen LogP contribution in [-0.4, -0.2) is 16.7 Å². The first kappa shape index (κ1) is 13.6. The molecule has 0 amide bonds. The van der Waals surface area contributed by atoms with E-state index in [2.05, 4.69) is 31.8 Å². The number of nitrogens with two attached hydrogens (primary N) is 1. The number of imidazole rings is 1. The Bertz CT molecular complexity index is 567. The van der Waals surface area contributed by atoms with E-state index in [9.17, 15) is 0 Å². The average Bonchev–Trinajstić information content (AvgIpc) is 2.71. The Balaban J connectivity index is 2.43. The van der Waals surface area contributed by atoms with Gasteiger partial charge in [-0.25, -0.2) is 4.98 Å². The number of nitrogen functional groups attached to an aromatic ring is 1. The predicted octanol–water partition coefficient (Wildman–Crippen LogP) is 3.03. The van der Waals surface area contributed by atoms with Crippen molar-refractivity contribution in [1.29, 1.82) is 0 Å². The summed E-state index contributed by atoms with van der Waals surface area (Å²) in [4.78, 5) is 4.45. The zero-order valence-corrected chi connectivity index (χ0v) is 12.0. The van der Waals surface area contributed by atoms with Crippen molar-refractivity contribution in [2.24, 2.45) is 0 Å². The van der Waals surface area contributed by atoms with Gasteiger partial charge in [0, 0.05) is 18.2 Å². The zero-order chi connectivity index (χ0) is 14.0. The van der Waals surface area contributed by atoms with Gasteiger partial charge in [-0.2, -0.15) is 0 Å². The van der Waals surface area contributed by atoms with Crippen molar-refractivity contribution >= 4 is 5.82 Å². The van der Waals surface area contributed by atoms with E-state index in [1.165, 1.54) is 0 Å². The Labute approximate surface area is 114 Å². The first-order valence-electron chi connectivity index (χ1n) is 6.35.